The average molecular weight is 407 g/mol. The molecule has 1 aromatic carbocycles. The summed E-state index contributed by atoms with van der Waals surface area (Å²) in [6, 6.07) is 8.92. The Morgan fingerprint density at radius 2 is 1.89 bits per heavy atom. The van der Waals surface area contributed by atoms with E-state index in [2.05, 4.69) is 15.5 Å². The number of amides is 3. The fourth-order valence-corrected chi connectivity index (χ4v) is 6.06. The first kappa shape index (κ1) is 19.2. The van der Waals surface area contributed by atoms with Crippen molar-refractivity contribution in [3.8, 4) is 0 Å². The lowest BCUT2D eigenvalue weighted by atomic mass is 10.1. The molecule has 4 rings (SSSR count). The van der Waals surface area contributed by atoms with E-state index in [0.29, 0.717) is 25.1 Å². The number of nitrogens with zero attached hydrogens (tertiary/aromatic N) is 2. The van der Waals surface area contributed by atoms with Crippen LogP contribution in [0.3, 0.4) is 0 Å². The fraction of sp³-hybridized carbons (Fsp3) is 0.579. The normalized spacial score (nSPS) is 30.8. The summed E-state index contributed by atoms with van der Waals surface area (Å²) in [4.78, 5) is 29.3. The molecule has 3 aliphatic rings. The third kappa shape index (κ3) is 4.15. The molecule has 152 valence electrons. The van der Waals surface area contributed by atoms with Crippen LogP contribution in [0.1, 0.15) is 23.2 Å². The predicted octanol–water partition coefficient (Wildman–Crippen LogP) is 0.0716. The van der Waals surface area contributed by atoms with Crippen LogP contribution in [0.5, 0.6) is 0 Å². The zero-order chi connectivity index (χ0) is 19.7. The molecule has 0 aromatic heterocycles. The molecule has 0 radical (unpaired) electrons. The molecule has 1 aromatic rings. The highest BCUT2D eigenvalue weighted by atomic mass is 32.2. The van der Waals surface area contributed by atoms with Gasteiger partial charge < -0.3 is 15.5 Å². The van der Waals surface area contributed by atoms with E-state index >= 15 is 0 Å². The van der Waals surface area contributed by atoms with Crippen LogP contribution in [0.2, 0.25) is 0 Å². The number of sulfone groups is 1. The molecule has 3 fully saturated rings. The summed E-state index contributed by atoms with van der Waals surface area (Å²) in [7, 11) is -3.02. The monoisotopic (exact) mass is 406 g/mol. The van der Waals surface area contributed by atoms with Crippen molar-refractivity contribution < 1.29 is 18.0 Å². The summed E-state index contributed by atoms with van der Waals surface area (Å²) in [6.07, 6.45) is 1.41. The number of hydrogen-bond donors (Lipinski definition) is 2. The van der Waals surface area contributed by atoms with Gasteiger partial charge in [-0.15, -0.1) is 0 Å². The number of hydrogen-bond acceptors (Lipinski definition) is 5. The van der Waals surface area contributed by atoms with Gasteiger partial charge in [-0.1, -0.05) is 18.2 Å². The molecule has 2 bridgehead atoms. The quantitative estimate of drug-likeness (QED) is 0.737. The summed E-state index contributed by atoms with van der Waals surface area (Å²) >= 11 is 0. The molecule has 4 atom stereocenters. The number of benzene rings is 1. The Balaban J connectivity index is 1.33. The molecule has 3 aliphatic heterocycles. The van der Waals surface area contributed by atoms with Gasteiger partial charge in [-0.2, -0.15) is 0 Å². The Kier molecular flexibility index (Phi) is 5.29. The second-order valence-corrected chi connectivity index (χ2v) is 10.1. The molecular weight excluding hydrogens is 380 g/mol. The molecule has 3 amide bonds. The maximum absolute atomic E-state index is 12.9. The van der Waals surface area contributed by atoms with Gasteiger partial charge in [0.15, 0.2) is 9.84 Å². The first-order chi connectivity index (χ1) is 13.4. The number of rotatable bonds is 4. The van der Waals surface area contributed by atoms with Crippen molar-refractivity contribution in [3.63, 3.8) is 0 Å². The van der Waals surface area contributed by atoms with Crippen LogP contribution in [-0.4, -0.2) is 86.0 Å². The molecule has 28 heavy (non-hydrogen) atoms. The van der Waals surface area contributed by atoms with Gasteiger partial charge >= 0.3 is 6.03 Å². The molecule has 2 N–H and O–H groups in total. The number of carbonyl (C=O) groups excluding carboxylic acids is 2. The van der Waals surface area contributed by atoms with Crippen LogP contribution in [0.15, 0.2) is 30.3 Å². The number of fused-ring (bicyclic) bond motifs is 2. The Bertz CT molecular complexity index is 845. The molecule has 0 saturated carbocycles. The molecule has 3 saturated heterocycles. The summed E-state index contributed by atoms with van der Waals surface area (Å²) in [5.41, 5.74) is 0.690. The molecule has 1 unspecified atom stereocenters. The summed E-state index contributed by atoms with van der Waals surface area (Å²) in [5, 5.41) is 5.61. The van der Waals surface area contributed by atoms with Crippen molar-refractivity contribution >= 4 is 21.8 Å². The maximum Gasteiger partial charge on any atom is 0.315 e. The van der Waals surface area contributed by atoms with Crippen molar-refractivity contribution in [2.75, 3.05) is 37.7 Å². The van der Waals surface area contributed by atoms with E-state index in [4.69, 9.17) is 0 Å². The van der Waals surface area contributed by atoms with E-state index in [1.165, 1.54) is 0 Å². The SMILES string of the molecule is O=C(NC[C@H]1CN(C(=O)c2ccccc2)[C@H]2CCN1C2)N[C@H]1CCS(=O)(=O)C1. The molecule has 3 heterocycles. The van der Waals surface area contributed by atoms with Crippen molar-refractivity contribution in [2.24, 2.45) is 0 Å². The smallest absolute Gasteiger partial charge is 0.315 e. The highest BCUT2D eigenvalue weighted by molar-refractivity contribution is 7.91. The Morgan fingerprint density at radius 3 is 2.61 bits per heavy atom. The van der Waals surface area contributed by atoms with Crippen LogP contribution in [-0.2, 0) is 9.84 Å². The standard InChI is InChI=1S/C19H26N4O4S/c24-18(14-4-2-1-3-5-14)23-12-17(22-8-6-16(23)11-22)10-20-19(25)21-15-7-9-28(26,27)13-15/h1-5,15-17H,6-13H2,(H2,20,21,25)/t15-,16-,17-/m0/s1. The maximum atomic E-state index is 12.9. The van der Waals surface area contributed by atoms with Crippen LogP contribution >= 0.6 is 0 Å². The zero-order valence-corrected chi connectivity index (χ0v) is 16.5. The third-order valence-electron chi connectivity index (χ3n) is 5.91. The zero-order valence-electron chi connectivity index (χ0n) is 15.7. The Morgan fingerprint density at radius 1 is 1.11 bits per heavy atom. The Labute approximate surface area is 165 Å². The fourth-order valence-electron chi connectivity index (χ4n) is 4.39. The highest BCUT2D eigenvalue weighted by Crippen LogP contribution is 2.26. The summed E-state index contributed by atoms with van der Waals surface area (Å²) in [6.45, 7) is 2.75. The van der Waals surface area contributed by atoms with Crippen LogP contribution < -0.4 is 10.6 Å². The Hall–Kier alpha value is -2.13. The number of carbonyl (C=O) groups is 2. The minimum Gasteiger partial charge on any atom is -0.337 e. The summed E-state index contributed by atoms with van der Waals surface area (Å²) < 4.78 is 23.0. The minimum absolute atomic E-state index is 0.0109. The topological polar surface area (TPSA) is 98.8 Å². The minimum atomic E-state index is -3.02. The number of piperazine rings is 1. The van der Waals surface area contributed by atoms with Gasteiger partial charge in [0, 0.05) is 49.9 Å². The van der Waals surface area contributed by atoms with E-state index < -0.39 is 9.84 Å². The first-order valence-corrected chi connectivity index (χ1v) is 11.6. The lowest BCUT2D eigenvalue weighted by Gasteiger charge is -2.40. The highest BCUT2D eigenvalue weighted by Gasteiger charge is 2.41. The van der Waals surface area contributed by atoms with Crippen LogP contribution in [0, 0.1) is 0 Å². The van der Waals surface area contributed by atoms with E-state index in [9.17, 15) is 18.0 Å². The van der Waals surface area contributed by atoms with Gasteiger partial charge in [0.2, 0.25) is 0 Å². The van der Waals surface area contributed by atoms with Gasteiger partial charge in [-0.25, -0.2) is 13.2 Å². The largest absolute Gasteiger partial charge is 0.337 e. The van der Waals surface area contributed by atoms with Crippen LogP contribution in [0.4, 0.5) is 4.79 Å². The van der Waals surface area contributed by atoms with E-state index in [1.807, 2.05) is 35.2 Å². The van der Waals surface area contributed by atoms with Crippen molar-refractivity contribution in [1.29, 1.82) is 0 Å². The molecule has 9 heteroatoms. The average Bonchev–Trinajstić information content (AvgIpc) is 3.25. The second kappa shape index (κ2) is 7.71. The van der Waals surface area contributed by atoms with Gasteiger partial charge in [-0.05, 0) is 25.0 Å². The summed E-state index contributed by atoms with van der Waals surface area (Å²) in [5.74, 6) is 0.182. The lowest BCUT2D eigenvalue weighted by Crippen LogP contribution is -2.58. The van der Waals surface area contributed by atoms with Crippen molar-refractivity contribution in [3.05, 3.63) is 35.9 Å². The van der Waals surface area contributed by atoms with Crippen molar-refractivity contribution in [2.45, 2.75) is 31.0 Å². The third-order valence-corrected chi connectivity index (χ3v) is 7.67. The first-order valence-electron chi connectivity index (χ1n) is 9.76. The van der Waals surface area contributed by atoms with E-state index in [-0.39, 0.29) is 41.6 Å². The van der Waals surface area contributed by atoms with E-state index in [1.54, 1.807) is 0 Å². The number of urea groups is 1. The van der Waals surface area contributed by atoms with Crippen molar-refractivity contribution in [1.82, 2.24) is 20.4 Å². The lowest BCUT2D eigenvalue weighted by molar-refractivity contribution is 0.0499. The molecule has 0 spiro atoms. The van der Waals surface area contributed by atoms with Crippen LogP contribution in [0.25, 0.3) is 0 Å². The van der Waals surface area contributed by atoms with Gasteiger partial charge in [0.1, 0.15) is 0 Å². The van der Waals surface area contributed by atoms with E-state index in [0.717, 1.165) is 19.5 Å². The molecule has 0 aliphatic carbocycles. The second-order valence-electron chi connectivity index (χ2n) is 7.87. The van der Waals surface area contributed by atoms with Gasteiger partial charge in [0.05, 0.1) is 11.5 Å². The predicted molar refractivity (Wildman–Crippen MR) is 105 cm³/mol. The van der Waals surface area contributed by atoms with Gasteiger partial charge in [-0.3, -0.25) is 9.69 Å². The number of nitrogens with one attached hydrogen (secondary N) is 2. The van der Waals surface area contributed by atoms with Gasteiger partial charge in [0.25, 0.3) is 5.91 Å². The molecule has 8 nitrogen and oxygen atoms in total. The molecular formula is C19H26N4O4S.